The number of benzene rings is 1. The lowest BCUT2D eigenvalue weighted by atomic mass is 9.93. The molecule has 2 aliphatic heterocycles. The first-order chi connectivity index (χ1) is 14.9. The van der Waals surface area contributed by atoms with Crippen LogP contribution in [0.4, 0.5) is 13.2 Å². The monoisotopic (exact) mass is 436 g/mol. The number of likely N-dealkylation sites (tertiary alicyclic amines) is 1. The van der Waals surface area contributed by atoms with Crippen molar-refractivity contribution >= 4 is 5.91 Å². The maximum absolute atomic E-state index is 12.8. The standard InChI is InChI=1S/C22H27F3N4O2/c23-22(24,25)20-8-12-29(26-20)19-3-1-18(2-4-19)21(30)28-10-6-17(7-11-28)5-9-27-13-15-31-16-14-27/h1-4,8,12,17H,5-7,9-11,13-16H2. The number of aromatic nitrogens is 2. The fourth-order valence-electron chi connectivity index (χ4n) is 4.17. The number of hydrogen-bond acceptors (Lipinski definition) is 4. The highest BCUT2D eigenvalue weighted by Gasteiger charge is 2.33. The number of carbonyl (C=O) groups excluding carboxylic acids is 1. The van der Waals surface area contributed by atoms with Gasteiger partial charge in [-0.2, -0.15) is 18.3 Å². The van der Waals surface area contributed by atoms with Crippen molar-refractivity contribution in [3.8, 4) is 5.69 Å². The minimum absolute atomic E-state index is 0.0328. The number of halogens is 3. The zero-order chi connectivity index (χ0) is 21.8. The molecule has 9 heteroatoms. The zero-order valence-electron chi connectivity index (χ0n) is 17.4. The number of rotatable bonds is 5. The molecular weight excluding hydrogens is 409 g/mol. The van der Waals surface area contributed by atoms with Gasteiger partial charge >= 0.3 is 6.18 Å². The summed E-state index contributed by atoms with van der Waals surface area (Å²) in [6.45, 7) is 6.20. The molecule has 2 aromatic rings. The van der Waals surface area contributed by atoms with Crippen molar-refractivity contribution in [2.45, 2.75) is 25.4 Å². The number of morpholine rings is 1. The molecule has 6 nitrogen and oxygen atoms in total. The van der Waals surface area contributed by atoms with E-state index in [-0.39, 0.29) is 5.91 Å². The van der Waals surface area contributed by atoms with Gasteiger partial charge in [-0.1, -0.05) is 0 Å². The Kier molecular flexibility index (Phi) is 6.62. The van der Waals surface area contributed by atoms with Gasteiger partial charge in [0.05, 0.1) is 18.9 Å². The third kappa shape index (κ3) is 5.46. The van der Waals surface area contributed by atoms with Gasteiger partial charge in [0.25, 0.3) is 5.91 Å². The van der Waals surface area contributed by atoms with Crippen LogP contribution in [0.2, 0.25) is 0 Å². The molecule has 3 heterocycles. The Hall–Kier alpha value is -2.39. The summed E-state index contributed by atoms with van der Waals surface area (Å²) in [5, 5.41) is 3.56. The highest BCUT2D eigenvalue weighted by Crippen LogP contribution is 2.28. The Morgan fingerprint density at radius 1 is 1.03 bits per heavy atom. The van der Waals surface area contributed by atoms with E-state index < -0.39 is 11.9 Å². The molecule has 2 saturated heterocycles. The lowest BCUT2D eigenvalue weighted by Crippen LogP contribution is -2.40. The van der Waals surface area contributed by atoms with Gasteiger partial charge in [-0.25, -0.2) is 4.68 Å². The van der Waals surface area contributed by atoms with Crippen molar-refractivity contribution in [1.82, 2.24) is 19.6 Å². The molecule has 1 aromatic heterocycles. The summed E-state index contributed by atoms with van der Waals surface area (Å²) >= 11 is 0. The Labute approximate surface area is 179 Å². The summed E-state index contributed by atoms with van der Waals surface area (Å²) in [5.41, 5.74) is 0.0803. The predicted octanol–water partition coefficient (Wildman–Crippen LogP) is 3.47. The maximum Gasteiger partial charge on any atom is 0.435 e. The normalized spacial score (nSPS) is 19.0. The second kappa shape index (κ2) is 9.40. The van der Waals surface area contributed by atoms with E-state index >= 15 is 0 Å². The first kappa shape index (κ1) is 21.8. The van der Waals surface area contributed by atoms with E-state index in [1.807, 2.05) is 4.90 Å². The van der Waals surface area contributed by atoms with Crippen LogP contribution in [0.1, 0.15) is 35.3 Å². The number of amides is 1. The number of carbonyl (C=O) groups is 1. The van der Waals surface area contributed by atoms with Gasteiger partial charge in [-0.05, 0) is 62.1 Å². The first-order valence-electron chi connectivity index (χ1n) is 10.7. The molecule has 2 aliphatic rings. The van der Waals surface area contributed by atoms with Crippen LogP contribution in [0.15, 0.2) is 36.5 Å². The van der Waals surface area contributed by atoms with Crippen LogP contribution in [0.5, 0.6) is 0 Å². The molecule has 0 radical (unpaired) electrons. The van der Waals surface area contributed by atoms with Crippen molar-refractivity contribution < 1.29 is 22.7 Å². The quantitative estimate of drug-likeness (QED) is 0.720. The van der Waals surface area contributed by atoms with Crippen LogP contribution >= 0.6 is 0 Å². The average molecular weight is 436 g/mol. The lowest BCUT2D eigenvalue weighted by molar-refractivity contribution is -0.141. The number of alkyl halides is 3. The summed E-state index contributed by atoms with van der Waals surface area (Å²) in [5.74, 6) is 0.603. The largest absolute Gasteiger partial charge is 0.435 e. The molecular formula is C22H27F3N4O2. The fourth-order valence-corrected chi connectivity index (χ4v) is 4.17. The fraction of sp³-hybridized carbons (Fsp3) is 0.545. The molecule has 31 heavy (non-hydrogen) atoms. The van der Waals surface area contributed by atoms with Crippen LogP contribution in [0, 0.1) is 5.92 Å². The van der Waals surface area contributed by atoms with E-state index in [4.69, 9.17) is 4.74 Å². The van der Waals surface area contributed by atoms with Gasteiger partial charge in [0, 0.05) is 37.9 Å². The maximum atomic E-state index is 12.8. The molecule has 0 spiro atoms. The van der Waals surface area contributed by atoms with Gasteiger partial charge in [-0.3, -0.25) is 9.69 Å². The molecule has 1 aromatic carbocycles. The molecule has 2 fully saturated rings. The van der Waals surface area contributed by atoms with Crippen LogP contribution in [-0.2, 0) is 10.9 Å². The summed E-state index contributed by atoms with van der Waals surface area (Å²) < 4.78 is 44.7. The summed E-state index contributed by atoms with van der Waals surface area (Å²) in [6, 6.07) is 7.47. The lowest BCUT2D eigenvalue weighted by Gasteiger charge is -2.34. The zero-order valence-corrected chi connectivity index (χ0v) is 17.4. The van der Waals surface area contributed by atoms with Crippen molar-refractivity contribution in [2.24, 2.45) is 5.92 Å². The minimum Gasteiger partial charge on any atom is -0.379 e. The number of nitrogens with zero attached hydrogens (tertiary/aromatic N) is 4. The molecule has 0 unspecified atom stereocenters. The highest BCUT2D eigenvalue weighted by atomic mass is 19.4. The van der Waals surface area contributed by atoms with Gasteiger partial charge < -0.3 is 9.64 Å². The Morgan fingerprint density at radius 3 is 2.32 bits per heavy atom. The molecule has 0 aliphatic carbocycles. The van der Waals surface area contributed by atoms with Crippen molar-refractivity contribution in [3.63, 3.8) is 0 Å². The van der Waals surface area contributed by atoms with Crippen LogP contribution in [-0.4, -0.2) is 71.4 Å². The molecule has 0 N–H and O–H groups in total. The van der Waals surface area contributed by atoms with E-state index in [1.165, 1.54) is 6.20 Å². The van der Waals surface area contributed by atoms with E-state index in [9.17, 15) is 18.0 Å². The molecule has 4 rings (SSSR count). The summed E-state index contributed by atoms with van der Waals surface area (Å²) in [7, 11) is 0. The average Bonchev–Trinajstić information content (AvgIpc) is 3.29. The topological polar surface area (TPSA) is 50.6 Å². The van der Waals surface area contributed by atoms with E-state index in [2.05, 4.69) is 10.00 Å². The van der Waals surface area contributed by atoms with Gasteiger partial charge in [0.15, 0.2) is 5.69 Å². The SMILES string of the molecule is O=C(c1ccc(-n2ccc(C(F)(F)F)n2)cc1)N1CCC(CCN2CCOCC2)CC1. The molecule has 168 valence electrons. The minimum atomic E-state index is -4.48. The summed E-state index contributed by atoms with van der Waals surface area (Å²) in [4.78, 5) is 17.1. The van der Waals surface area contributed by atoms with Gasteiger partial charge in [0.1, 0.15) is 0 Å². The van der Waals surface area contributed by atoms with E-state index in [1.54, 1.807) is 24.3 Å². The number of hydrogen-bond donors (Lipinski definition) is 0. The second-order valence-electron chi connectivity index (χ2n) is 8.17. The van der Waals surface area contributed by atoms with Crippen LogP contribution in [0.3, 0.4) is 0 Å². The molecule has 0 saturated carbocycles. The van der Waals surface area contributed by atoms with Gasteiger partial charge in [0.2, 0.25) is 0 Å². The molecule has 0 atom stereocenters. The van der Waals surface area contributed by atoms with Crippen molar-refractivity contribution in [2.75, 3.05) is 45.9 Å². The Balaban J connectivity index is 1.28. The van der Waals surface area contributed by atoms with Crippen molar-refractivity contribution in [1.29, 1.82) is 0 Å². The Bertz CT molecular complexity index is 868. The smallest absolute Gasteiger partial charge is 0.379 e. The van der Waals surface area contributed by atoms with Crippen LogP contribution in [0.25, 0.3) is 5.69 Å². The summed E-state index contributed by atoms with van der Waals surface area (Å²) in [6.07, 6.45) is -0.0549. The Morgan fingerprint density at radius 2 is 1.71 bits per heavy atom. The third-order valence-corrected chi connectivity index (χ3v) is 6.12. The van der Waals surface area contributed by atoms with Gasteiger partial charge in [-0.15, -0.1) is 0 Å². The van der Waals surface area contributed by atoms with E-state index in [0.29, 0.717) is 17.2 Å². The second-order valence-corrected chi connectivity index (χ2v) is 8.17. The third-order valence-electron chi connectivity index (χ3n) is 6.12. The molecule has 1 amide bonds. The predicted molar refractivity (Wildman–Crippen MR) is 109 cm³/mol. The number of piperidine rings is 1. The highest BCUT2D eigenvalue weighted by molar-refractivity contribution is 5.94. The van der Waals surface area contributed by atoms with E-state index in [0.717, 1.165) is 75.9 Å². The van der Waals surface area contributed by atoms with Crippen molar-refractivity contribution in [3.05, 3.63) is 47.8 Å². The molecule has 0 bridgehead atoms. The van der Waals surface area contributed by atoms with Crippen LogP contribution < -0.4 is 0 Å². The number of ether oxygens (including phenoxy) is 1. The first-order valence-corrected chi connectivity index (χ1v) is 10.7.